The predicted octanol–water partition coefficient (Wildman–Crippen LogP) is 3.18. The maximum Gasteiger partial charge on any atom is 0.0574 e. The van der Waals surface area contributed by atoms with Gasteiger partial charge in [0.2, 0.25) is 0 Å². The quantitative estimate of drug-likeness (QED) is 0.742. The van der Waals surface area contributed by atoms with Gasteiger partial charge in [0.15, 0.2) is 0 Å². The number of rotatable bonds is 3. The van der Waals surface area contributed by atoms with Gasteiger partial charge in [0.1, 0.15) is 0 Å². The Morgan fingerprint density at radius 2 is 2.07 bits per heavy atom. The molecular formula is C13H20N2. The first-order valence-electron chi connectivity index (χ1n) is 5.86. The lowest BCUT2D eigenvalue weighted by molar-refractivity contribution is 0.580. The van der Waals surface area contributed by atoms with E-state index in [1.165, 1.54) is 31.2 Å². The molecule has 82 valence electrons. The highest BCUT2D eigenvalue weighted by molar-refractivity contribution is 5.66. The zero-order chi connectivity index (χ0) is 10.7. The molecule has 0 spiro atoms. The second-order valence-electron chi connectivity index (χ2n) is 4.62. The van der Waals surface area contributed by atoms with Crippen LogP contribution >= 0.6 is 0 Å². The number of aryl methyl sites for hydroxylation is 1. The van der Waals surface area contributed by atoms with E-state index in [2.05, 4.69) is 24.4 Å². The van der Waals surface area contributed by atoms with Crippen molar-refractivity contribution in [3.8, 4) is 0 Å². The van der Waals surface area contributed by atoms with Crippen molar-refractivity contribution in [2.75, 3.05) is 17.6 Å². The fourth-order valence-corrected chi connectivity index (χ4v) is 2.31. The normalized spacial score (nSPS) is 16.9. The van der Waals surface area contributed by atoms with E-state index >= 15 is 0 Å². The highest BCUT2D eigenvalue weighted by Crippen LogP contribution is 2.26. The summed E-state index contributed by atoms with van der Waals surface area (Å²) < 4.78 is 0. The van der Waals surface area contributed by atoms with Gasteiger partial charge < -0.3 is 11.1 Å². The van der Waals surface area contributed by atoms with Gasteiger partial charge in [0.25, 0.3) is 0 Å². The summed E-state index contributed by atoms with van der Waals surface area (Å²) in [6.07, 6.45) is 5.54. The number of nitrogens with two attached hydrogens (primary N) is 1. The van der Waals surface area contributed by atoms with Crippen molar-refractivity contribution in [1.82, 2.24) is 0 Å². The lowest BCUT2D eigenvalue weighted by atomic mass is 10.1. The van der Waals surface area contributed by atoms with Crippen LogP contribution in [0.5, 0.6) is 0 Å². The largest absolute Gasteiger partial charge is 0.397 e. The highest BCUT2D eigenvalue weighted by Gasteiger charge is 2.14. The van der Waals surface area contributed by atoms with Crippen LogP contribution in [-0.4, -0.2) is 6.54 Å². The molecule has 0 unspecified atom stereocenters. The van der Waals surface area contributed by atoms with Gasteiger partial charge in [-0.2, -0.15) is 0 Å². The molecule has 1 aromatic carbocycles. The van der Waals surface area contributed by atoms with E-state index in [0.717, 1.165) is 23.8 Å². The van der Waals surface area contributed by atoms with Crippen molar-refractivity contribution in [3.05, 3.63) is 23.8 Å². The summed E-state index contributed by atoms with van der Waals surface area (Å²) >= 11 is 0. The van der Waals surface area contributed by atoms with Crippen molar-refractivity contribution in [3.63, 3.8) is 0 Å². The number of anilines is 2. The minimum atomic E-state index is 0.853. The molecule has 0 radical (unpaired) electrons. The Morgan fingerprint density at radius 1 is 1.33 bits per heavy atom. The highest BCUT2D eigenvalue weighted by atomic mass is 14.9. The summed E-state index contributed by atoms with van der Waals surface area (Å²) in [5.41, 5.74) is 9.12. The lowest BCUT2D eigenvalue weighted by Gasteiger charge is -2.13. The maximum absolute atomic E-state index is 5.94. The van der Waals surface area contributed by atoms with Crippen molar-refractivity contribution in [2.24, 2.45) is 5.92 Å². The van der Waals surface area contributed by atoms with E-state index in [1.807, 2.05) is 6.07 Å². The molecule has 2 nitrogen and oxygen atoms in total. The van der Waals surface area contributed by atoms with Crippen molar-refractivity contribution < 1.29 is 0 Å². The van der Waals surface area contributed by atoms with E-state index in [1.54, 1.807) is 0 Å². The topological polar surface area (TPSA) is 38.0 Å². The van der Waals surface area contributed by atoms with Crippen LogP contribution in [0, 0.1) is 12.8 Å². The van der Waals surface area contributed by atoms with E-state index in [0.29, 0.717) is 0 Å². The standard InChI is InChI=1S/C13H20N2/c1-10-6-7-13(12(14)8-10)15-9-11-4-2-3-5-11/h6-8,11,15H,2-5,9,14H2,1H3. The second kappa shape index (κ2) is 4.56. The summed E-state index contributed by atoms with van der Waals surface area (Å²) in [4.78, 5) is 0. The monoisotopic (exact) mass is 204 g/mol. The van der Waals surface area contributed by atoms with E-state index in [-0.39, 0.29) is 0 Å². The fraction of sp³-hybridized carbons (Fsp3) is 0.538. The molecule has 3 N–H and O–H groups in total. The molecule has 1 saturated carbocycles. The third-order valence-corrected chi connectivity index (χ3v) is 3.26. The van der Waals surface area contributed by atoms with Crippen LogP contribution in [0.25, 0.3) is 0 Å². The number of nitrogen functional groups attached to an aromatic ring is 1. The molecule has 0 atom stereocenters. The van der Waals surface area contributed by atoms with E-state index < -0.39 is 0 Å². The van der Waals surface area contributed by atoms with Gasteiger partial charge in [-0.25, -0.2) is 0 Å². The van der Waals surface area contributed by atoms with Gasteiger partial charge in [-0.3, -0.25) is 0 Å². The fourth-order valence-electron chi connectivity index (χ4n) is 2.31. The molecular weight excluding hydrogens is 184 g/mol. The molecule has 0 amide bonds. The SMILES string of the molecule is Cc1ccc(NCC2CCCC2)c(N)c1. The van der Waals surface area contributed by atoms with Crippen LogP contribution in [-0.2, 0) is 0 Å². The zero-order valence-electron chi connectivity index (χ0n) is 9.42. The molecule has 0 saturated heterocycles. The summed E-state index contributed by atoms with van der Waals surface area (Å²) in [6.45, 7) is 3.14. The Kier molecular flexibility index (Phi) is 3.14. The van der Waals surface area contributed by atoms with E-state index in [9.17, 15) is 0 Å². The first-order valence-corrected chi connectivity index (χ1v) is 5.86. The average molecular weight is 204 g/mol. The van der Waals surface area contributed by atoms with Gasteiger partial charge >= 0.3 is 0 Å². The maximum atomic E-state index is 5.94. The molecule has 2 heteroatoms. The smallest absolute Gasteiger partial charge is 0.0574 e. The molecule has 2 rings (SSSR count). The molecule has 0 aromatic heterocycles. The van der Waals surface area contributed by atoms with Gasteiger partial charge in [-0.05, 0) is 43.4 Å². The molecule has 0 heterocycles. The summed E-state index contributed by atoms with van der Waals surface area (Å²) in [7, 11) is 0. The van der Waals surface area contributed by atoms with Gasteiger partial charge in [0.05, 0.1) is 11.4 Å². The van der Waals surface area contributed by atoms with Crippen LogP contribution in [0.1, 0.15) is 31.2 Å². The Hall–Kier alpha value is -1.18. The van der Waals surface area contributed by atoms with E-state index in [4.69, 9.17) is 5.73 Å². The molecule has 1 aliphatic rings. The van der Waals surface area contributed by atoms with Gasteiger partial charge in [0, 0.05) is 6.54 Å². The Bertz CT molecular complexity index is 327. The third kappa shape index (κ3) is 2.65. The molecule has 0 aliphatic heterocycles. The summed E-state index contributed by atoms with van der Waals surface area (Å²) in [6, 6.07) is 6.21. The first kappa shape index (κ1) is 10.3. The summed E-state index contributed by atoms with van der Waals surface area (Å²) in [5, 5.41) is 3.46. The van der Waals surface area contributed by atoms with Crippen LogP contribution in [0.2, 0.25) is 0 Å². The lowest BCUT2D eigenvalue weighted by Crippen LogP contribution is -2.12. The second-order valence-corrected chi connectivity index (χ2v) is 4.62. The molecule has 1 aromatic rings. The van der Waals surface area contributed by atoms with Gasteiger partial charge in [-0.1, -0.05) is 18.9 Å². The molecule has 1 aliphatic carbocycles. The molecule has 0 bridgehead atoms. The number of hydrogen-bond donors (Lipinski definition) is 2. The average Bonchev–Trinajstić information content (AvgIpc) is 2.69. The van der Waals surface area contributed by atoms with Crippen molar-refractivity contribution in [1.29, 1.82) is 0 Å². The van der Waals surface area contributed by atoms with Crippen molar-refractivity contribution >= 4 is 11.4 Å². The number of hydrogen-bond acceptors (Lipinski definition) is 2. The van der Waals surface area contributed by atoms with Crippen LogP contribution < -0.4 is 11.1 Å². The first-order chi connectivity index (χ1) is 7.25. The van der Waals surface area contributed by atoms with Crippen LogP contribution in [0.3, 0.4) is 0 Å². The van der Waals surface area contributed by atoms with Gasteiger partial charge in [-0.15, -0.1) is 0 Å². The Labute approximate surface area is 91.9 Å². The number of nitrogens with one attached hydrogen (secondary N) is 1. The van der Waals surface area contributed by atoms with Crippen LogP contribution in [0.15, 0.2) is 18.2 Å². The van der Waals surface area contributed by atoms with Crippen LogP contribution in [0.4, 0.5) is 11.4 Å². The third-order valence-electron chi connectivity index (χ3n) is 3.26. The zero-order valence-corrected chi connectivity index (χ0v) is 9.42. The minimum absolute atomic E-state index is 0.853. The Morgan fingerprint density at radius 3 is 2.73 bits per heavy atom. The predicted molar refractivity (Wildman–Crippen MR) is 66.0 cm³/mol. The van der Waals surface area contributed by atoms with Crippen molar-refractivity contribution in [2.45, 2.75) is 32.6 Å². The molecule has 15 heavy (non-hydrogen) atoms. The summed E-state index contributed by atoms with van der Waals surface area (Å²) in [5.74, 6) is 0.853. The minimum Gasteiger partial charge on any atom is -0.397 e. The molecule has 1 fully saturated rings. The number of benzene rings is 1. The Balaban J connectivity index is 1.92.